The van der Waals surface area contributed by atoms with Crippen molar-refractivity contribution in [2.24, 2.45) is 5.92 Å². The molecule has 0 spiro atoms. The predicted octanol–water partition coefficient (Wildman–Crippen LogP) is 3.62. The highest BCUT2D eigenvalue weighted by Gasteiger charge is 2.41. The molecule has 1 atom stereocenters. The molecular formula is C18H21N3O3S. The number of fused-ring (bicyclic) bond motifs is 1. The maximum Gasteiger partial charge on any atom is 0.329 e. The van der Waals surface area contributed by atoms with Crippen LogP contribution >= 0.6 is 11.3 Å². The number of amides is 2. The summed E-state index contributed by atoms with van der Waals surface area (Å²) in [6.45, 7) is 0.368. The van der Waals surface area contributed by atoms with Gasteiger partial charge in [-0.1, -0.05) is 42.7 Å². The van der Waals surface area contributed by atoms with E-state index in [1.807, 2.05) is 24.3 Å². The quantitative estimate of drug-likeness (QED) is 0.785. The standard InChI is InChI=1S/C18H21N3O3S/c1-20-11-15(24-16(22)12-7-3-2-4-8-12)21(18(20)23)17-19-13-9-5-6-10-14(13)25-17/h5-6,9-10,12,15H,2-4,7-8,11H2,1H3. The molecule has 0 radical (unpaired) electrons. The first-order valence-electron chi connectivity index (χ1n) is 8.74. The van der Waals surface area contributed by atoms with Gasteiger partial charge in [0.2, 0.25) is 6.23 Å². The van der Waals surface area contributed by atoms with Gasteiger partial charge in [-0.15, -0.1) is 0 Å². The van der Waals surface area contributed by atoms with E-state index in [2.05, 4.69) is 4.98 Å². The van der Waals surface area contributed by atoms with Gasteiger partial charge in [0, 0.05) is 7.05 Å². The summed E-state index contributed by atoms with van der Waals surface area (Å²) in [6, 6.07) is 7.58. The number of carbonyl (C=O) groups excluding carboxylic acids is 2. The molecular weight excluding hydrogens is 338 g/mol. The van der Waals surface area contributed by atoms with Gasteiger partial charge in [0.05, 0.1) is 22.7 Å². The molecule has 6 nitrogen and oxygen atoms in total. The summed E-state index contributed by atoms with van der Waals surface area (Å²) in [5.74, 6) is -0.217. The lowest BCUT2D eigenvalue weighted by atomic mass is 9.89. The van der Waals surface area contributed by atoms with Gasteiger partial charge in [-0.2, -0.15) is 0 Å². The summed E-state index contributed by atoms with van der Waals surface area (Å²) in [4.78, 5) is 32.7. The molecule has 1 aromatic heterocycles. The Bertz CT molecular complexity index is 767. The number of benzene rings is 1. The number of thiazole rings is 1. The fraction of sp³-hybridized carbons (Fsp3) is 0.500. The van der Waals surface area contributed by atoms with Crippen molar-refractivity contribution in [3.05, 3.63) is 24.3 Å². The van der Waals surface area contributed by atoms with Crippen LogP contribution in [0.1, 0.15) is 32.1 Å². The van der Waals surface area contributed by atoms with Gasteiger partial charge in [0.25, 0.3) is 0 Å². The molecule has 2 heterocycles. The van der Waals surface area contributed by atoms with Crippen molar-refractivity contribution in [3.63, 3.8) is 0 Å². The molecule has 1 saturated heterocycles. The van der Waals surface area contributed by atoms with E-state index in [1.54, 1.807) is 11.9 Å². The van der Waals surface area contributed by atoms with Gasteiger partial charge < -0.3 is 9.64 Å². The third-order valence-electron chi connectivity index (χ3n) is 4.93. The van der Waals surface area contributed by atoms with Crippen molar-refractivity contribution in [2.75, 3.05) is 18.5 Å². The molecule has 0 N–H and O–H groups in total. The van der Waals surface area contributed by atoms with Crippen LogP contribution in [-0.2, 0) is 9.53 Å². The average molecular weight is 359 g/mol. The van der Waals surface area contributed by atoms with Crippen molar-refractivity contribution < 1.29 is 14.3 Å². The highest BCUT2D eigenvalue weighted by molar-refractivity contribution is 7.22. The average Bonchev–Trinajstić information content (AvgIpc) is 3.16. The van der Waals surface area contributed by atoms with E-state index in [-0.39, 0.29) is 17.9 Å². The van der Waals surface area contributed by atoms with E-state index >= 15 is 0 Å². The molecule has 2 fully saturated rings. The second kappa shape index (κ2) is 6.63. The number of nitrogens with zero attached hydrogens (tertiary/aromatic N) is 3. The Balaban J connectivity index is 1.57. The van der Waals surface area contributed by atoms with Crippen molar-refractivity contribution in [2.45, 2.75) is 38.3 Å². The van der Waals surface area contributed by atoms with Crippen LogP contribution < -0.4 is 4.90 Å². The second-order valence-corrected chi connectivity index (χ2v) is 7.73. The molecule has 1 unspecified atom stereocenters. The lowest BCUT2D eigenvalue weighted by Crippen LogP contribution is -2.39. The van der Waals surface area contributed by atoms with Gasteiger partial charge in [0.1, 0.15) is 0 Å². The van der Waals surface area contributed by atoms with Crippen LogP contribution in [0.25, 0.3) is 10.2 Å². The Kier molecular flexibility index (Phi) is 4.33. The molecule has 4 rings (SSSR count). The SMILES string of the molecule is CN1CC(OC(=O)C2CCCCC2)N(c2nc3ccccc3s2)C1=O. The molecule has 2 aliphatic rings. The third kappa shape index (κ3) is 3.08. The molecule has 1 aliphatic carbocycles. The maximum absolute atomic E-state index is 12.6. The summed E-state index contributed by atoms with van der Waals surface area (Å²) < 4.78 is 6.76. The number of likely N-dealkylation sites (N-methyl/N-ethyl adjacent to an activating group) is 1. The highest BCUT2D eigenvalue weighted by atomic mass is 32.1. The molecule has 2 aromatic rings. The van der Waals surface area contributed by atoms with Crippen LogP contribution in [0, 0.1) is 5.92 Å². The smallest absolute Gasteiger partial charge is 0.329 e. The fourth-order valence-electron chi connectivity index (χ4n) is 3.53. The molecule has 25 heavy (non-hydrogen) atoms. The molecule has 1 aliphatic heterocycles. The van der Waals surface area contributed by atoms with Crippen LogP contribution in [0.2, 0.25) is 0 Å². The zero-order valence-electron chi connectivity index (χ0n) is 14.2. The minimum Gasteiger partial charge on any atom is -0.439 e. The minimum atomic E-state index is -0.604. The Labute approximate surface area is 150 Å². The normalized spacial score (nSPS) is 22.0. The Morgan fingerprint density at radius 3 is 2.76 bits per heavy atom. The first-order chi connectivity index (χ1) is 12.1. The molecule has 1 saturated carbocycles. The summed E-state index contributed by atoms with van der Waals surface area (Å²) >= 11 is 1.44. The molecule has 0 bridgehead atoms. The summed E-state index contributed by atoms with van der Waals surface area (Å²) in [7, 11) is 1.72. The summed E-state index contributed by atoms with van der Waals surface area (Å²) in [5.41, 5.74) is 0.849. The van der Waals surface area contributed by atoms with Crippen molar-refractivity contribution in [1.82, 2.24) is 9.88 Å². The summed E-state index contributed by atoms with van der Waals surface area (Å²) in [5, 5.41) is 0.581. The number of hydrogen-bond acceptors (Lipinski definition) is 5. The second-order valence-electron chi connectivity index (χ2n) is 6.72. The van der Waals surface area contributed by atoms with Gasteiger partial charge in [-0.05, 0) is 25.0 Å². The summed E-state index contributed by atoms with van der Waals surface area (Å²) in [6.07, 6.45) is 4.50. The van der Waals surface area contributed by atoms with Crippen LogP contribution in [-0.4, -0.2) is 41.7 Å². The predicted molar refractivity (Wildman–Crippen MR) is 96.6 cm³/mol. The van der Waals surface area contributed by atoms with E-state index in [0.717, 1.165) is 35.9 Å². The number of rotatable bonds is 3. The molecule has 132 valence electrons. The lowest BCUT2D eigenvalue weighted by molar-refractivity contribution is -0.154. The van der Waals surface area contributed by atoms with Crippen LogP contribution in [0.3, 0.4) is 0 Å². The zero-order valence-corrected chi connectivity index (χ0v) is 15.0. The van der Waals surface area contributed by atoms with Gasteiger partial charge in [0.15, 0.2) is 5.13 Å². The Hall–Kier alpha value is -2.15. The number of anilines is 1. The van der Waals surface area contributed by atoms with Gasteiger partial charge in [-0.3, -0.25) is 4.79 Å². The van der Waals surface area contributed by atoms with Gasteiger partial charge in [-0.25, -0.2) is 14.7 Å². The van der Waals surface area contributed by atoms with E-state index in [1.165, 1.54) is 22.7 Å². The lowest BCUT2D eigenvalue weighted by Gasteiger charge is -2.25. The maximum atomic E-state index is 12.6. The number of esters is 1. The topological polar surface area (TPSA) is 62.7 Å². The number of para-hydroxylation sites is 1. The van der Waals surface area contributed by atoms with E-state index in [4.69, 9.17) is 4.74 Å². The minimum absolute atomic E-state index is 0.0352. The Morgan fingerprint density at radius 1 is 1.24 bits per heavy atom. The first-order valence-corrected chi connectivity index (χ1v) is 9.55. The largest absolute Gasteiger partial charge is 0.439 e. The van der Waals surface area contributed by atoms with Crippen molar-refractivity contribution in [1.29, 1.82) is 0 Å². The number of hydrogen-bond donors (Lipinski definition) is 0. The van der Waals surface area contributed by atoms with Crippen molar-refractivity contribution >= 4 is 38.7 Å². The molecule has 7 heteroatoms. The van der Waals surface area contributed by atoms with Gasteiger partial charge >= 0.3 is 12.0 Å². The van der Waals surface area contributed by atoms with E-state index < -0.39 is 6.23 Å². The van der Waals surface area contributed by atoms with Crippen molar-refractivity contribution in [3.8, 4) is 0 Å². The zero-order chi connectivity index (χ0) is 17.4. The number of carbonyl (C=O) groups is 2. The number of aromatic nitrogens is 1. The third-order valence-corrected chi connectivity index (χ3v) is 5.97. The first kappa shape index (κ1) is 16.3. The highest BCUT2D eigenvalue weighted by Crippen LogP contribution is 2.34. The van der Waals surface area contributed by atoms with Crippen LogP contribution in [0.5, 0.6) is 0 Å². The molecule has 2 amide bonds. The van der Waals surface area contributed by atoms with E-state index in [9.17, 15) is 9.59 Å². The fourth-order valence-corrected chi connectivity index (χ4v) is 4.53. The molecule has 1 aromatic carbocycles. The van der Waals surface area contributed by atoms with Crippen LogP contribution in [0.4, 0.5) is 9.93 Å². The number of urea groups is 1. The monoisotopic (exact) mass is 359 g/mol. The number of ether oxygens (including phenoxy) is 1. The van der Waals surface area contributed by atoms with Crippen LogP contribution in [0.15, 0.2) is 24.3 Å². The Morgan fingerprint density at radius 2 is 2.00 bits per heavy atom. The van der Waals surface area contributed by atoms with E-state index in [0.29, 0.717) is 11.7 Å².